The van der Waals surface area contributed by atoms with E-state index in [4.69, 9.17) is 5.11 Å². The molecule has 0 aromatic rings. The molecule has 0 aromatic heterocycles. The van der Waals surface area contributed by atoms with Gasteiger partial charge in [0.05, 0.1) is 0 Å². The minimum absolute atomic E-state index is 0.00389. The van der Waals surface area contributed by atoms with Gasteiger partial charge < -0.3 is 20.9 Å². The first-order valence-corrected chi connectivity index (χ1v) is 3.71. The van der Waals surface area contributed by atoms with Crippen LogP contribution in [0.5, 0.6) is 0 Å². The number of ether oxygens (including phenoxy) is 1. The molecule has 84 valence electrons. The number of amides is 1. The lowest BCUT2D eigenvalue weighted by atomic mass is 10.3. The van der Waals surface area contributed by atoms with Gasteiger partial charge in [-0.2, -0.15) is 13.2 Å². The van der Waals surface area contributed by atoms with E-state index in [1.807, 2.05) is 0 Å². The lowest BCUT2D eigenvalue weighted by Gasteiger charge is -2.14. The van der Waals surface area contributed by atoms with Crippen LogP contribution in [0, 0.1) is 0 Å². The molecule has 0 heterocycles. The van der Waals surface area contributed by atoms with Crippen molar-refractivity contribution in [2.24, 2.45) is 5.73 Å². The summed E-state index contributed by atoms with van der Waals surface area (Å²) >= 11 is 0. The Morgan fingerprint density at radius 2 is 2.14 bits per heavy atom. The fourth-order valence-electron chi connectivity index (χ4n) is 0.578. The van der Waals surface area contributed by atoms with Crippen molar-refractivity contribution in [1.82, 2.24) is 5.32 Å². The molecule has 5 nitrogen and oxygen atoms in total. The second-order valence-electron chi connectivity index (χ2n) is 2.43. The Labute approximate surface area is 78.0 Å². The van der Waals surface area contributed by atoms with Gasteiger partial charge in [0.2, 0.25) is 0 Å². The van der Waals surface area contributed by atoms with E-state index in [0.29, 0.717) is 0 Å². The van der Waals surface area contributed by atoms with Gasteiger partial charge in [0.15, 0.2) is 6.10 Å². The molecule has 8 heteroatoms. The Morgan fingerprint density at radius 1 is 1.57 bits per heavy atom. The van der Waals surface area contributed by atoms with Gasteiger partial charge in [-0.05, 0) is 0 Å². The summed E-state index contributed by atoms with van der Waals surface area (Å²) in [5.74, 6) is 0. The molecule has 14 heavy (non-hydrogen) atoms. The van der Waals surface area contributed by atoms with E-state index in [1.54, 1.807) is 0 Å². The topological polar surface area (TPSA) is 84.6 Å². The number of hydrogen-bond acceptors (Lipinski definition) is 4. The first-order chi connectivity index (χ1) is 6.34. The van der Waals surface area contributed by atoms with Crippen LogP contribution in [0.3, 0.4) is 0 Å². The SMILES string of the molecule is NC(=O)OCCNCC(O)C(F)(F)F. The number of carbonyl (C=O) groups excluding carboxylic acids is 1. The van der Waals surface area contributed by atoms with Crippen LogP contribution in [0.1, 0.15) is 0 Å². The summed E-state index contributed by atoms with van der Waals surface area (Å²) in [6.07, 6.45) is -8.06. The zero-order valence-electron chi connectivity index (χ0n) is 7.17. The van der Waals surface area contributed by atoms with Crippen molar-refractivity contribution in [2.45, 2.75) is 12.3 Å². The van der Waals surface area contributed by atoms with Gasteiger partial charge in [-0.3, -0.25) is 0 Å². The smallest absolute Gasteiger partial charge is 0.415 e. The highest BCUT2D eigenvalue weighted by atomic mass is 19.4. The molecule has 4 N–H and O–H groups in total. The summed E-state index contributed by atoms with van der Waals surface area (Å²) < 4.78 is 39.3. The average molecular weight is 216 g/mol. The monoisotopic (exact) mass is 216 g/mol. The Kier molecular flexibility index (Phi) is 5.24. The van der Waals surface area contributed by atoms with E-state index in [2.05, 4.69) is 15.8 Å². The van der Waals surface area contributed by atoms with Crippen molar-refractivity contribution in [3.05, 3.63) is 0 Å². The normalized spacial score (nSPS) is 13.7. The van der Waals surface area contributed by atoms with E-state index in [0.717, 1.165) is 0 Å². The molecule has 0 bridgehead atoms. The Bertz CT molecular complexity index is 186. The van der Waals surface area contributed by atoms with Gasteiger partial charge in [-0.15, -0.1) is 0 Å². The number of nitrogens with two attached hydrogens (primary N) is 1. The van der Waals surface area contributed by atoms with Crippen molar-refractivity contribution in [3.8, 4) is 0 Å². The van der Waals surface area contributed by atoms with Crippen LogP contribution in [0.25, 0.3) is 0 Å². The standard InChI is InChI=1S/C6H11F3N2O3/c7-6(8,9)4(12)3-11-1-2-14-5(10)13/h4,11-12H,1-3H2,(H2,10,13). The van der Waals surface area contributed by atoms with Gasteiger partial charge in [0.1, 0.15) is 6.61 Å². The van der Waals surface area contributed by atoms with Crippen LogP contribution >= 0.6 is 0 Å². The third-order valence-electron chi connectivity index (χ3n) is 1.24. The molecule has 1 atom stereocenters. The van der Waals surface area contributed by atoms with Crippen LogP contribution in [-0.2, 0) is 4.74 Å². The number of nitrogens with one attached hydrogen (secondary N) is 1. The largest absolute Gasteiger partial charge is 0.448 e. The van der Waals surface area contributed by atoms with Gasteiger partial charge in [0.25, 0.3) is 0 Å². The maximum atomic E-state index is 11.7. The molecular weight excluding hydrogens is 205 g/mol. The lowest BCUT2D eigenvalue weighted by Crippen LogP contribution is -2.39. The molecule has 1 amide bonds. The third-order valence-corrected chi connectivity index (χ3v) is 1.24. The number of aliphatic hydroxyl groups is 1. The number of carbonyl (C=O) groups is 1. The van der Waals surface area contributed by atoms with Gasteiger partial charge in [0, 0.05) is 13.1 Å². The molecule has 0 radical (unpaired) electrons. The Balaban J connectivity index is 3.41. The summed E-state index contributed by atoms with van der Waals surface area (Å²) in [7, 11) is 0. The average Bonchev–Trinajstić information content (AvgIpc) is 2.01. The fraction of sp³-hybridized carbons (Fsp3) is 0.833. The van der Waals surface area contributed by atoms with E-state index < -0.39 is 24.9 Å². The molecule has 0 rings (SSSR count). The molecule has 0 aromatic carbocycles. The first kappa shape index (κ1) is 13.0. The second kappa shape index (κ2) is 5.66. The predicted octanol–water partition coefficient (Wildman–Crippen LogP) is -0.405. The van der Waals surface area contributed by atoms with E-state index >= 15 is 0 Å². The summed E-state index contributed by atoms with van der Waals surface area (Å²) in [6.45, 7) is -0.790. The van der Waals surface area contributed by atoms with Crippen molar-refractivity contribution in [2.75, 3.05) is 19.7 Å². The minimum atomic E-state index is -4.64. The molecule has 0 aliphatic carbocycles. The predicted molar refractivity (Wildman–Crippen MR) is 40.5 cm³/mol. The number of primary amides is 1. The molecule has 0 spiro atoms. The van der Waals surface area contributed by atoms with E-state index in [-0.39, 0.29) is 13.2 Å². The highest BCUT2D eigenvalue weighted by Gasteiger charge is 2.37. The Morgan fingerprint density at radius 3 is 2.57 bits per heavy atom. The zero-order valence-corrected chi connectivity index (χ0v) is 7.17. The fourth-order valence-corrected chi connectivity index (χ4v) is 0.578. The Hall–Kier alpha value is -1.02. The highest BCUT2D eigenvalue weighted by Crippen LogP contribution is 2.18. The van der Waals surface area contributed by atoms with Crippen LogP contribution in [0.4, 0.5) is 18.0 Å². The van der Waals surface area contributed by atoms with Crippen LogP contribution < -0.4 is 11.1 Å². The van der Waals surface area contributed by atoms with Crippen molar-refractivity contribution >= 4 is 6.09 Å². The van der Waals surface area contributed by atoms with Gasteiger partial charge >= 0.3 is 12.3 Å². The van der Waals surface area contributed by atoms with Gasteiger partial charge in [-0.1, -0.05) is 0 Å². The van der Waals surface area contributed by atoms with Crippen LogP contribution in [0.2, 0.25) is 0 Å². The van der Waals surface area contributed by atoms with Crippen molar-refractivity contribution in [1.29, 1.82) is 0 Å². The zero-order chi connectivity index (χ0) is 11.2. The quantitative estimate of drug-likeness (QED) is 0.545. The molecule has 0 saturated heterocycles. The number of rotatable bonds is 5. The van der Waals surface area contributed by atoms with Crippen molar-refractivity contribution in [3.63, 3.8) is 0 Å². The summed E-state index contributed by atoms with van der Waals surface area (Å²) in [4.78, 5) is 10.00. The molecule has 0 aliphatic rings. The van der Waals surface area contributed by atoms with Gasteiger partial charge in [-0.25, -0.2) is 4.79 Å². The van der Waals surface area contributed by atoms with Crippen LogP contribution in [-0.4, -0.2) is 43.2 Å². The molecule has 0 fully saturated rings. The molecule has 0 aliphatic heterocycles. The highest BCUT2D eigenvalue weighted by molar-refractivity contribution is 5.64. The lowest BCUT2D eigenvalue weighted by molar-refractivity contribution is -0.201. The number of alkyl halides is 3. The van der Waals surface area contributed by atoms with Crippen molar-refractivity contribution < 1.29 is 27.8 Å². The second-order valence-corrected chi connectivity index (χ2v) is 2.43. The number of aliphatic hydroxyl groups excluding tert-OH is 1. The third kappa shape index (κ3) is 6.49. The van der Waals surface area contributed by atoms with E-state index in [9.17, 15) is 18.0 Å². The first-order valence-electron chi connectivity index (χ1n) is 3.71. The summed E-state index contributed by atoms with van der Waals surface area (Å²) in [5.41, 5.74) is 4.59. The maximum Gasteiger partial charge on any atom is 0.415 e. The summed E-state index contributed by atoms with van der Waals surface area (Å²) in [5, 5.41) is 10.7. The summed E-state index contributed by atoms with van der Waals surface area (Å²) in [6, 6.07) is 0. The minimum Gasteiger partial charge on any atom is -0.448 e. The van der Waals surface area contributed by atoms with Crippen LogP contribution in [0.15, 0.2) is 0 Å². The maximum absolute atomic E-state index is 11.7. The number of halogens is 3. The number of hydrogen-bond donors (Lipinski definition) is 3. The molecule has 1 unspecified atom stereocenters. The van der Waals surface area contributed by atoms with E-state index in [1.165, 1.54) is 0 Å². The molecule has 0 saturated carbocycles. The molecular formula is C6H11F3N2O3.